The Balaban J connectivity index is 0.000000313. The number of hydrogen-bond acceptors (Lipinski definition) is 6. The number of imide groups is 1. The van der Waals surface area contributed by atoms with Crippen LogP contribution in [0.5, 0.6) is 11.5 Å². The third kappa shape index (κ3) is 12.2. The van der Waals surface area contributed by atoms with Gasteiger partial charge in [-0.1, -0.05) is 55.2 Å². The second-order valence-electron chi connectivity index (χ2n) is 9.27. The molecule has 0 spiro atoms. The van der Waals surface area contributed by atoms with E-state index >= 15 is 0 Å². The van der Waals surface area contributed by atoms with Gasteiger partial charge in [0.15, 0.2) is 0 Å². The smallest absolute Gasteiger partial charge is 0.249 e. The predicted molar refractivity (Wildman–Crippen MR) is 149 cm³/mol. The summed E-state index contributed by atoms with van der Waals surface area (Å²) in [6, 6.07) is 15.8. The van der Waals surface area contributed by atoms with Crippen LogP contribution >= 0.6 is 0 Å². The number of ether oxygens (including phenoxy) is 3. The summed E-state index contributed by atoms with van der Waals surface area (Å²) in [4.78, 5) is 33.8. The molecule has 0 bridgehead atoms. The van der Waals surface area contributed by atoms with Crippen LogP contribution in [0, 0.1) is 12.8 Å². The van der Waals surface area contributed by atoms with Gasteiger partial charge < -0.3 is 19.5 Å². The van der Waals surface area contributed by atoms with Gasteiger partial charge in [0, 0.05) is 25.8 Å². The molecule has 1 aliphatic rings. The van der Waals surface area contributed by atoms with Crippen LogP contribution < -0.4 is 14.8 Å². The molecule has 3 rings (SSSR count). The van der Waals surface area contributed by atoms with Crippen LogP contribution in [0.25, 0.3) is 0 Å². The van der Waals surface area contributed by atoms with Gasteiger partial charge in [-0.2, -0.15) is 0 Å². The Hall–Kier alpha value is -3.39. The summed E-state index contributed by atoms with van der Waals surface area (Å²) < 4.78 is 15.2. The maximum atomic E-state index is 11.6. The molecule has 1 saturated carbocycles. The van der Waals surface area contributed by atoms with E-state index in [2.05, 4.69) is 24.4 Å². The van der Waals surface area contributed by atoms with Crippen molar-refractivity contribution in [1.82, 2.24) is 10.2 Å². The number of amides is 3. The van der Waals surface area contributed by atoms with E-state index in [9.17, 15) is 14.4 Å². The zero-order chi connectivity index (χ0) is 28.3. The molecule has 8 heteroatoms. The standard InChI is InChI=1S/C13H19NO4.C10H17NO2.C7H8/c1-9(16-2)13(15)14-8-10-5-11(17-3)7-12(6-10)18-4;1-9(11(7-12)8-13)10-5-3-2-4-6-10;1-7-5-3-2-4-6-7/h5-7,9H,8H2,1-4H3,(H,14,15);7-10H,2-6H2,1H3;2-6H,1H3. The van der Waals surface area contributed by atoms with Crippen molar-refractivity contribution in [2.24, 2.45) is 5.92 Å². The van der Waals surface area contributed by atoms with Crippen LogP contribution in [-0.4, -0.2) is 57.1 Å². The molecule has 38 heavy (non-hydrogen) atoms. The highest BCUT2D eigenvalue weighted by Gasteiger charge is 2.23. The first-order valence-electron chi connectivity index (χ1n) is 13.0. The summed E-state index contributed by atoms with van der Waals surface area (Å²) in [5.41, 5.74) is 2.23. The monoisotopic (exact) mass is 528 g/mol. The molecule has 1 N–H and O–H groups in total. The highest BCUT2D eigenvalue weighted by molar-refractivity contribution is 5.80. The van der Waals surface area contributed by atoms with E-state index in [1.165, 1.54) is 36.8 Å². The molecular weight excluding hydrogens is 484 g/mol. The van der Waals surface area contributed by atoms with Crippen molar-refractivity contribution in [3.63, 3.8) is 0 Å². The van der Waals surface area contributed by atoms with Crippen LogP contribution in [0.1, 0.15) is 57.1 Å². The van der Waals surface area contributed by atoms with Gasteiger partial charge in [-0.25, -0.2) is 0 Å². The van der Waals surface area contributed by atoms with E-state index in [0.717, 1.165) is 18.4 Å². The number of methoxy groups -OCH3 is 3. The quantitative estimate of drug-likeness (QED) is 0.440. The Labute approximate surface area is 227 Å². The molecule has 3 amide bonds. The number of aryl methyl sites for hydroxylation is 1. The Morgan fingerprint density at radius 3 is 1.92 bits per heavy atom. The average Bonchev–Trinajstić information content (AvgIpc) is 2.97. The minimum atomic E-state index is -0.461. The predicted octanol–water partition coefficient (Wildman–Crippen LogP) is 4.92. The molecule has 0 heterocycles. The van der Waals surface area contributed by atoms with Crippen molar-refractivity contribution >= 4 is 18.7 Å². The number of nitrogens with one attached hydrogen (secondary N) is 1. The molecule has 8 nitrogen and oxygen atoms in total. The van der Waals surface area contributed by atoms with Gasteiger partial charge in [-0.05, 0) is 57.2 Å². The maximum Gasteiger partial charge on any atom is 0.249 e. The first-order valence-corrected chi connectivity index (χ1v) is 13.0. The molecular formula is C30H44N2O6. The van der Waals surface area contributed by atoms with Crippen LogP contribution in [0.3, 0.4) is 0 Å². The molecule has 2 unspecified atom stereocenters. The molecule has 0 saturated heterocycles. The van der Waals surface area contributed by atoms with Crippen LogP contribution in [0.2, 0.25) is 0 Å². The molecule has 0 aliphatic heterocycles. The summed E-state index contributed by atoms with van der Waals surface area (Å²) in [5, 5.41) is 2.78. The van der Waals surface area contributed by atoms with Crippen molar-refractivity contribution < 1.29 is 28.6 Å². The van der Waals surface area contributed by atoms with Gasteiger partial charge in [0.05, 0.1) is 14.2 Å². The molecule has 210 valence electrons. The zero-order valence-corrected chi connectivity index (χ0v) is 23.6. The molecule has 2 aromatic carbocycles. The third-order valence-corrected chi connectivity index (χ3v) is 6.59. The Morgan fingerprint density at radius 1 is 0.947 bits per heavy atom. The lowest BCUT2D eigenvalue weighted by molar-refractivity contribution is -0.133. The Kier molecular flexibility index (Phi) is 16.1. The lowest BCUT2D eigenvalue weighted by atomic mass is 9.84. The maximum absolute atomic E-state index is 11.6. The van der Waals surface area contributed by atoms with E-state index < -0.39 is 6.10 Å². The zero-order valence-electron chi connectivity index (χ0n) is 23.6. The molecule has 0 radical (unpaired) electrons. The van der Waals surface area contributed by atoms with E-state index in [1.807, 2.05) is 37.3 Å². The van der Waals surface area contributed by atoms with Crippen LogP contribution in [0.4, 0.5) is 0 Å². The van der Waals surface area contributed by atoms with Crippen molar-refractivity contribution in [1.29, 1.82) is 0 Å². The second-order valence-corrected chi connectivity index (χ2v) is 9.27. The van der Waals surface area contributed by atoms with E-state index in [1.54, 1.807) is 27.2 Å². The molecule has 1 fully saturated rings. The van der Waals surface area contributed by atoms with Gasteiger partial charge in [0.2, 0.25) is 18.7 Å². The van der Waals surface area contributed by atoms with Crippen molar-refractivity contribution in [2.75, 3.05) is 21.3 Å². The first-order chi connectivity index (χ1) is 18.3. The van der Waals surface area contributed by atoms with Gasteiger partial charge >= 0.3 is 0 Å². The highest BCUT2D eigenvalue weighted by Crippen LogP contribution is 2.28. The van der Waals surface area contributed by atoms with E-state index in [-0.39, 0.29) is 11.9 Å². The summed E-state index contributed by atoms with van der Waals surface area (Å²) in [7, 11) is 4.67. The van der Waals surface area contributed by atoms with E-state index in [0.29, 0.717) is 36.8 Å². The second kappa shape index (κ2) is 18.8. The number of carbonyl (C=O) groups excluding carboxylic acids is 3. The summed E-state index contributed by atoms with van der Waals surface area (Å²) >= 11 is 0. The highest BCUT2D eigenvalue weighted by atomic mass is 16.5. The summed E-state index contributed by atoms with van der Waals surface area (Å²) in [5.74, 6) is 1.75. The van der Waals surface area contributed by atoms with Crippen LogP contribution in [0.15, 0.2) is 48.5 Å². The molecule has 2 aromatic rings. The van der Waals surface area contributed by atoms with Gasteiger partial charge in [-0.3, -0.25) is 19.3 Å². The van der Waals surface area contributed by atoms with Gasteiger partial charge in [0.25, 0.3) is 0 Å². The Bertz CT molecular complexity index is 917. The lowest BCUT2D eigenvalue weighted by Gasteiger charge is -2.30. The van der Waals surface area contributed by atoms with Crippen molar-refractivity contribution in [3.05, 3.63) is 59.7 Å². The summed E-state index contributed by atoms with van der Waals surface area (Å²) in [6.07, 6.45) is 6.88. The molecule has 2 atom stereocenters. The number of benzene rings is 2. The summed E-state index contributed by atoms with van der Waals surface area (Å²) in [6.45, 7) is 6.14. The molecule has 1 aliphatic carbocycles. The Morgan fingerprint density at radius 2 is 1.50 bits per heavy atom. The first kappa shape index (κ1) is 32.6. The number of hydrogen-bond donors (Lipinski definition) is 1. The number of carbonyl (C=O) groups is 3. The number of rotatable bonds is 10. The lowest BCUT2D eigenvalue weighted by Crippen LogP contribution is -2.37. The SMILES string of the molecule is CC(C1CCCCC1)N(C=O)C=O.COc1cc(CNC(=O)C(C)OC)cc(OC)c1.Cc1ccccc1. The molecule has 0 aromatic heterocycles. The normalized spacial score (nSPS) is 14.3. The van der Waals surface area contributed by atoms with Gasteiger partial charge in [0.1, 0.15) is 17.6 Å². The minimum absolute atomic E-state index is 0.0790. The van der Waals surface area contributed by atoms with Crippen LogP contribution in [-0.2, 0) is 25.7 Å². The average molecular weight is 529 g/mol. The van der Waals surface area contributed by atoms with Crippen molar-refractivity contribution in [2.45, 2.75) is 71.6 Å². The third-order valence-electron chi connectivity index (χ3n) is 6.59. The topological polar surface area (TPSA) is 94.2 Å². The largest absolute Gasteiger partial charge is 0.497 e. The fraction of sp³-hybridized carbons (Fsp3) is 0.500. The number of nitrogens with zero attached hydrogens (tertiary/aromatic N) is 1. The van der Waals surface area contributed by atoms with Crippen molar-refractivity contribution in [3.8, 4) is 11.5 Å². The fourth-order valence-electron chi connectivity index (χ4n) is 4.02. The van der Waals surface area contributed by atoms with Gasteiger partial charge in [-0.15, -0.1) is 0 Å². The van der Waals surface area contributed by atoms with E-state index in [4.69, 9.17) is 14.2 Å². The fourth-order valence-corrected chi connectivity index (χ4v) is 4.02. The minimum Gasteiger partial charge on any atom is -0.497 e.